The lowest BCUT2D eigenvalue weighted by molar-refractivity contribution is -0.117. The molecular formula is C55H69N9O11. The number of aromatic nitrogens is 1. The predicted octanol–water partition coefficient (Wildman–Crippen LogP) is 6.26. The molecule has 7 rings (SSSR count). The molecule has 1 unspecified atom stereocenters. The van der Waals surface area contributed by atoms with E-state index in [2.05, 4.69) is 31.2 Å². The van der Waals surface area contributed by atoms with Crippen molar-refractivity contribution in [2.45, 2.75) is 58.1 Å². The summed E-state index contributed by atoms with van der Waals surface area (Å²) in [6, 6.07) is 19.4. The van der Waals surface area contributed by atoms with E-state index in [1.807, 2.05) is 88.5 Å². The molecule has 20 nitrogen and oxygen atoms in total. The molecular weight excluding hydrogens is 963 g/mol. The van der Waals surface area contributed by atoms with Gasteiger partial charge in [0.1, 0.15) is 36.8 Å². The largest absolute Gasteiger partial charge is 0.482 e. The van der Waals surface area contributed by atoms with Crippen molar-refractivity contribution >= 4 is 83.2 Å². The molecule has 3 aliphatic rings. The zero-order valence-electron chi connectivity index (χ0n) is 43.5. The van der Waals surface area contributed by atoms with Crippen molar-refractivity contribution in [3.8, 4) is 5.75 Å². The summed E-state index contributed by atoms with van der Waals surface area (Å²) >= 11 is 0. The zero-order chi connectivity index (χ0) is 54.6. The Bertz CT molecular complexity index is 2640. The quantitative estimate of drug-likeness (QED) is 0.0224. The number of amides is 4. The second-order valence-corrected chi connectivity index (χ2v) is 17.1. The summed E-state index contributed by atoms with van der Waals surface area (Å²) < 4.78 is 22.1. The fourth-order valence-corrected chi connectivity index (χ4v) is 7.87. The van der Waals surface area contributed by atoms with Gasteiger partial charge in [-0.05, 0) is 93.6 Å². The third-order valence-corrected chi connectivity index (χ3v) is 11.5. The number of aldehydes is 3. The number of ether oxygens (including phenoxy) is 4. The Balaban J connectivity index is 0.000000259. The van der Waals surface area contributed by atoms with Crippen LogP contribution in [0.3, 0.4) is 0 Å². The van der Waals surface area contributed by atoms with Gasteiger partial charge in [-0.25, -0.2) is 0 Å². The second kappa shape index (κ2) is 31.5. The molecule has 0 bridgehead atoms. The normalized spacial score (nSPS) is 14.5. The van der Waals surface area contributed by atoms with Crippen LogP contribution >= 0.6 is 0 Å². The first-order valence-corrected chi connectivity index (χ1v) is 24.5. The number of nitrogens with two attached hydrogens (primary N) is 1. The highest BCUT2D eigenvalue weighted by Gasteiger charge is 2.41. The van der Waals surface area contributed by atoms with Crippen LogP contribution in [-0.4, -0.2) is 145 Å². The van der Waals surface area contributed by atoms with Crippen LogP contribution in [0.5, 0.6) is 5.75 Å². The highest BCUT2D eigenvalue weighted by molar-refractivity contribution is 6.24. The van der Waals surface area contributed by atoms with Crippen LogP contribution in [0.25, 0.3) is 5.57 Å². The molecule has 0 saturated carbocycles. The van der Waals surface area contributed by atoms with Crippen LogP contribution in [0.4, 0.5) is 28.4 Å². The molecule has 4 amide bonds. The van der Waals surface area contributed by atoms with Crippen molar-refractivity contribution in [1.82, 2.24) is 15.2 Å². The molecule has 400 valence electrons. The number of aliphatic imine (C=N–C) groups is 1. The molecule has 3 aliphatic heterocycles. The lowest BCUT2D eigenvalue weighted by Gasteiger charge is -2.35. The Morgan fingerprint density at radius 3 is 2.17 bits per heavy atom. The van der Waals surface area contributed by atoms with Gasteiger partial charge in [0.25, 0.3) is 11.8 Å². The summed E-state index contributed by atoms with van der Waals surface area (Å²) in [7, 11) is 5.25. The maximum Gasteiger partial charge on any atom is 0.264 e. The Hall–Kier alpha value is -8.07. The van der Waals surface area contributed by atoms with E-state index >= 15 is 0 Å². The summed E-state index contributed by atoms with van der Waals surface area (Å²) in [6.07, 6.45) is 14.1. The lowest BCUT2D eigenvalue weighted by atomic mass is 9.86. The maximum atomic E-state index is 12.8. The molecule has 0 radical (unpaired) electrons. The highest BCUT2D eigenvalue weighted by atomic mass is 16.5. The smallest absolute Gasteiger partial charge is 0.264 e. The number of carbonyl (C=O) groups is 7. The molecule has 3 aromatic carbocycles. The van der Waals surface area contributed by atoms with Crippen molar-refractivity contribution in [1.29, 1.82) is 0 Å². The number of nitrogens with one attached hydrogen (secondary N) is 4. The Morgan fingerprint density at radius 2 is 1.56 bits per heavy atom. The summed E-state index contributed by atoms with van der Waals surface area (Å²) in [6.45, 7) is 9.05. The first-order valence-electron chi connectivity index (χ1n) is 24.5. The van der Waals surface area contributed by atoms with Crippen LogP contribution in [0.15, 0.2) is 102 Å². The van der Waals surface area contributed by atoms with Gasteiger partial charge < -0.3 is 60.4 Å². The molecule has 1 aromatic heterocycles. The van der Waals surface area contributed by atoms with Crippen molar-refractivity contribution in [2.24, 2.45) is 10.7 Å². The van der Waals surface area contributed by atoms with Crippen molar-refractivity contribution in [3.63, 3.8) is 0 Å². The number of fused-ring (bicyclic) bond motifs is 2. The van der Waals surface area contributed by atoms with Gasteiger partial charge >= 0.3 is 0 Å². The number of hydrogen-bond acceptors (Lipinski definition) is 17. The van der Waals surface area contributed by atoms with Gasteiger partial charge in [0.15, 0.2) is 0 Å². The van der Waals surface area contributed by atoms with E-state index in [9.17, 15) is 28.8 Å². The van der Waals surface area contributed by atoms with Crippen molar-refractivity contribution < 1.29 is 52.5 Å². The summed E-state index contributed by atoms with van der Waals surface area (Å²) in [5.41, 5.74) is 13.2. The average molecular weight is 1030 g/mol. The molecule has 0 aliphatic carbocycles. The molecule has 4 heterocycles. The fourth-order valence-electron chi connectivity index (χ4n) is 7.87. The Labute approximate surface area is 438 Å². The van der Waals surface area contributed by atoms with Crippen LogP contribution in [0.1, 0.15) is 83.1 Å². The Morgan fingerprint density at radius 1 is 0.853 bits per heavy atom. The van der Waals surface area contributed by atoms with Crippen LogP contribution in [0, 0.1) is 0 Å². The molecule has 1 atom stereocenters. The van der Waals surface area contributed by atoms with Crippen LogP contribution in [0.2, 0.25) is 0 Å². The maximum absolute atomic E-state index is 12.8. The van der Waals surface area contributed by atoms with E-state index in [4.69, 9.17) is 29.5 Å². The number of allylic oxidation sites excluding steroid dienone is 1. The topological polar surface area (TPSA) is 262 Å². The van der Waals surface area contributed by atoms with Crippen LogP contribution < -0.4 is 36.6 Å². The number of rotatable bonds is 24. The van der Waals surface area contributed by atoms with Crippen molar-refractivity contribution in [2.75, 3.05) is 94.7 Å². The number of pyridine rings is 1. The monoisotopic (exact) mass is 1030 g/mol. The van der Waals surface area contributed by atoms with Gasteiger partial charge in [0, 0.05) is 92.3 Å². The van der Waals surface area contributed by atoms with Gasteiger partial charge in [-0.2, -0.15) is 0 Å². The third-order valence-electron chi connectivity index (χ3n) is 11.5. The average Bonchev–Trinajstić information content (AvgIpc) is 3.98. The number of carbonyl (C=O) groups excluding carboxylic acids is 7. The number of hydrogen-bond donors (Lipinski definition) is 5. The molecule has 1 fully saturated rings. The SMILES string of the molecule is CCCC(C=O)N1C(=O)c2cccc(NCCOCCOCCOCC=O)c2C1=O.CNC=O.CNc1ccc(C=O)cc1.CNc1cncc(N=CC2=C(/C=C/N)C(C)(C)Oc3cc(N4CCCC4=O)ccc32)c1. The molecule has 0 spiro atoms. The number of nitrogens with zero attached hydrogens (tertiary/aromatic N) is 4. The van der Waals surface area contributed by atoms with Gasteiger partial charge in [-0.15, -0.1) is 0 Å². The lowest BCUT2D eigenvalue weighted by Crippen LogP contribution is -2.40. The first kappa shape index (κ1) is 59.5. The van der Waals surface area contributed by atoms with E-state index in [-0.39, 0.29) is 12.5 Å². The number of anilines is 4. The van der Waals surface area contributed by atoms with E-state index in [0.29, 0.717) is 100 Å². The fraction of sp³-hybridized carbons (Fsp3) is 0.364. The number of benzene rings is 3. The van der Waals surface area contributed by atoms with E-state index in [0.717, 1.165) is 69.4 Å². The summed E-state index contributed by atoms with van der Waals surface area (Å²) in [5.74, 6) is -0.0135. The minimum atomic E-state index is -0.748. The van der Waals surface area contributed by atoms with E-state index in [1.54, 1.807) is 49.8 Å². The van der Waals surface area contributed by atoms with Gasteiger partial charge in [0.05, 0.1) is 74.0 Å². The van der Waals surface area contributed by atoms with Crippen LogP contribution in [-0.2, 0) is 33.4 Å². The second-order valence-electron chi connectivity index (χ2n) is 17.1. The molecule has 1 saturated heterocycles. The number of imide groups is 1. The summed E-state index contributed by atoms with van der Waals surface area (Å²) in [4.78, 5) is 90.2. The van der Waals surface area contributed by atoms with E-state index < -0.39 is 23.5 Å². The van der Waals surface area contributed by atoms with E-state index in [1.165, 1.54) is 6.20 Å². The van der Waals surface area contributed by atoms with Crippen molar-refractivity contribution in [3.05, 3.63) is 119 Å². The Kier molecular flexibility index (Phi) is 25.0. The third kappa shape index (κ3) is 17.3. The minimum absolute atomic E-state index is 0.0645. The first-order chi connectivity index (χ1) is 36.4. The molecule has 4 aromatic rings. The summed E-state index contributed by atoms with van der Waals surface area (Å²) in [5, 5.41) is 11.4. The predicted molar refractivity (Wildman–Crippen MR) is 290 cm³/mol. The molecule has 75 heavy (non-hydrogen) atoms. The van der Waals surface area contributed by atoms with Gasteiger partial charge in [0.2, 0.25) is 12.3 Å². The van der Waals surface area contributed by atoms with Gasteiger partial charge in [-0.3, -0.25) is 38.8 Å². The minimum Gasteiger partial charge on any atom is -0.482 e. The highest BCUT2D eigenvalue weighted by Crippen LogP contribution is 2.43. The standard InChI is InChI=1S/C24H27N5O2.C21H28N2O7.C8H9NO.C2H5NO/c1-24(2)21(8-9-25)20(15-28-17-11-16(26-3)13-27-14-17)19-7-6-18(12-22(19)31-24)29-10-4-5-23(29)30;1-2-4-16(15-25)23-20(26)17-5-3-6-18(19(17)21(23)27)22-7-9-28-11-13-30-14-12-29-10-8-24;1-9-8-4-2-7(6-10)3-5-8;1-3-2-4/h6-9,11-15,26H,4-5,10,25H2,1-3H3;3,5-6,8,15-16,22H,2,4,7,9-14H2,1H3;2-6,9H,1H3;2H,1H3,(H,3,4)/b9-8+,28-15?;;;. The van der Waals surface area contributed by atoms with Gasteiger partial charge in [-0.1, -0.05) is 19.4 Å². The molecule has 20 heteroatoms. The molecule has 6 N–H and O–H groups in total. The zero-order valence-corrected chi connectivity index (χ0v) is 43.5.